The van der Waals surface area contributed by atoms with E-state index in [4.69, 9.17) is 9.51 Å². The van der Waals surface area contributed by atoms with E-state index < -0.39 is 0 Å². The second kappa shape index (κ2) is 14.4. The molecular formula is C41H47N9O4. The SMILES string of the molecule is Cc1cc(-c2ncnn3cc(C4CC4CN4CCC(c5ccc(NC6CCC(=O)NC6=O)cc5)CC4)cc23)ccc1CNC(=O)c1noc(C(C)(C)C)n1. The molecule has 3 atom stereocenters. The second-order valence-corrected chi connectivity index (χ2v) is 16.2. The van der Waals surface area contributed by atoms with Gasteiger partial charge in [-0.05, 0) is 110 Å². The van der Waals surface area contributed by atoms with Gasteiger partial charge < -0.3 is 20.1 Å². The van der Waals surface area contributed by atoms with Gasteiger partial charge in [0.15, 0.2) is 0 Å². The zero-order chi connectivity index (χ0) is 37.6. The topological polar surface area (TPSA) is 160 Å². The van der Waals surface area contributed by atoms with Gasteiger partial charge in [0.25, 0.3) is 11.7 Å². The Morgan fingerprint density at radius 1 is 1.02 bits per heavy atom. The largest absolute Gasteiger partial charge is 0.374 e. The van der Waals surface area contributed by atoms with Crippen LogP contribution in [0.1, 0.15) is 103 Å². The third-order valence-corrected chi connectivity index (χ3v) is 11.1. The average molecular weight is 730 g/mol. The molecule has 3 unspecified atom stereocenters. The van der Waals surface area contributed by atoms with Crippen LogP contribution < -0.4 is 16.0 Å². The standard InChI is InChI=1S/C41H47N9O4/c1-24-17-27(5-6-28(24)20-42-39(53)37-47-40(54-48-37)41(2,3)4)36-34-19-30(22-50(34)44-23-43-36)32-18-29(32)21-49-15-13-26(14-16-49)25-7-9-31(10-8-25)45-33-11-12-35(51)46-38(33)52/h5-10,17,19,22-23,26,29,32-33,45H,11-16,18,20-21H2,1-4H3,(H,42,53)(H,46,51,52). The normalized spacial score (nSPS) is 20.9. The van der Waals surface area contributed by atoms with Gasteiger partial charge in [0.2, 0.25) is 17.7 Å². The highest BCUT2D eigenvalue weighted by atomic mass is 16.5. The number of aryl methyl sites for hydroxylation is 1. The highest BCUT2D eigenvalue weighted by Gasteiger charge is 2.40. The van der Waals surface area contributed by atoms with E-state index in [1.54, 1.807) is 6.33 Å². The fraction of sp³-hybridized carbons (Fsp3) is 0.439. The summed E-state index contributed by atoms with van der Waals surface area (Å²) in [5, 5.41) is 17.0. The summed E-state index contributed by atoms with van der Waals surface area (Å²) in [4.78, 5) is 47.9. The Labute approximate surface area is 314 Å². The van der Waals surface area contributed by atoms with E-state index >= 15 is 0 Å². The number of piperidine rings is 2. The first kappa shape index (κ1) is 35.6. The molecule has 13 nitrogen and oxygen atoms in total. The van der Waals surface area contributed by atoms with Crippen LogP contribution in [-0.2, 0) is 21.5 Å². The van der Waals surface area contributed by atoms with Gasteiger partial charge in [0.05, 0.1) is 11.2 Å². The van der Waals surface area contributed by atoms with Crippen molar-refractivity contribution in [1.29, 1.82) is 0 Å². The van der Waals surface area contributed by atoms with E-state index in [9.17, 15) is 14.4 Å². The molecule has 5 aromatic rings. The summed E-state index contributed by atoms with van der Waals surface area (Å²) in [5.41, 5.74) is 8.16. The zero-order valence-electron chi connectivity index (χ0n) is 31.3. The van der Waals surface area contributed by atoms with Crippen LogP contribution in [0.25, 0.3) is 16.8 Å². The lowest BCUT2D eigenvalue weighted by Crippen LogP contribution is -2.47. The maximum atomic E-state index is 12.7. The van der Waals surface area contributed by atoms with E-state index in [-0.39, 0.29) is 35.0 Å². The molecule has 8 rings (SSSR count). The molecule has 0 bridgehead atoms. The summed E-state index contributed by atoms with van der Waals surface area (Å²) in [6, 6.07) is 16.5. The van der Waals surface area contributed by atoms with E-state index in [1.807, 2.05) is 44.3 Å². The summed E-state index contributed by atoms with van der Waals surface area (Å²) in [5.74, 6) is 1.33. The van der Waals surface area contributed by atoms with E-state index in [0.29, 0.717) is 43.0 Å². The molecule has 54 heavy (non-hydrogen) atoms. The number of carbonyl (C=O) groups excluding carboxylic acids is 3. The van der Waals surface area contributed by atoms with Crippen LogP contribution in [0.5, 0.6) is 0 Å². The van der Waals surface area contributed by atoms with E-state index in [1.165, 1.54) is 17.5 Å². The molecule has 3 aliphatic rings. The van der Waals surface area contributed by atoms with Crippen LogP contribution in [0, 0.1) is 12.8 Å². The van der Waals surface area contributed by atoms with Gasteiger partial charge in [-0.2, -0.15) is 10.1 Å². The number of hydrogen-bond acceptors (Lipinski definition) is 10. The number of imide groups is 1. The van der Waals surface area contributed by atoms with Gasteiger partial charge in [-0.25, -0.2) is 9.50 Å². The molecule has 2 saturated heterocycles. The van der Waals surface area contributed by atoms with Crippen molar-refractivity contribution in [2.45, 2.75) is 89.6 Å². The fourth-order valence-electron chi connectivity index (χ4n) is 7.81. The first-order valence-corrected chi connectivity index (χ1v) is 19.0. The van der Waals surface area contributed by atoms with Gasteiger partial charge in [-0.3, -0.25) is 19.7 Å². The van der Waals surface area contributed by atoms with Gasteiger partial charge in [0.1, 0.15) is 12.4 Å². The molecule has 2 aliphatic heterocycles. The number of fused-ring (bicyclic) bond motifs is 1. The van der Waals surface area contributed by atoms with Crippen molar-refractivity contribution in [3.05, 3.63) is 95.0 Å². The number of rotatable bonds is 10. The molecule has 13 heteroatoms. The van der Waals surface area contributed by atoms with Crippen molar-refractivity contribution in [2.75, 3.05) is 25.0 Å². The Morgan fingerprint density at radius 2 is 1.81 bits per heavy atom. The summed E-state index contributed by atoms with van der Waals surface area (Å²) >= 11 is 0. The van der Waals surface area contributed by atoms with Gasteiger partial charge in [0, 0.05) is 42.4 Å². The quantitative estimate of drug-likeness (QED) is 0.156. The molecule has 1 saturated carbocycles. The number of nitrogens with zero attached hydrogens (tertiary/aromatic N) is 6. The third kappa shape index (κ3) is 7.63. The molecule has 2 aromatic carbocycles. The van der Waals surface area contributed by atoms with Crippen LogP contribution in [0.15, 0.2) is 65.6 Å². The summed E-state index contributed by atoms with van der Waals surface area (Å²) in [7, 11) is 0. The van der Waals surface area contributed by atoms with Crippen molar-refractivity contribution in [3.8, 4) is 11.3 Å². The average Bonchev–Trinajstić information content (AvgIpc) is 3.51. The maximum absolute atomic E-state index is 12.7. The zero-order valence-corrected chi connectivity index (χ0v) is 31.3. The lowest BCUT2D eigenvalue weighted by Gasteiger charge is -2.32. The number of aromatic nitrogens is 5. The smallest absolute Gasteiger partial charge is 0.292 e. The van der Waals surface area contributed by atoms with Gasteiger partial charge in [-0.15, -0.1) is 0 Å². The lowest BCUT2D eigenvalue weighted by atomic mass is 9.89. The van der Waals surface area contributed by atoms with Crippen molar-refractivity contribution in [1.82, 2.24) is 40.3 Å². The molecule has 3 aromatic heterocycles. The minimum atomic E-state index is -0.371. The Morgan fingerprint density at radius 3 is 2.54 bits per heavy atom. The Balaban J connectivity index is 0.839. The minimum absolute atomic E-state index is 0.0337. The van der Waals surface area contributed by atoms with Crippen molar-refractivity contribution >= 4 is 28.9 Å². The summed E-state index contributed by atoms with van der Waals surface area (Å²) < 4.78 is 7.22. The predicted octanol–water partition coefficient (Wildman–Crippen LogP) is 5.52. The molecule has 280 valence electrons. The molecule has 3 fully saturated rings. The van der Waals surface area contributed by atoms with Crippen LogP contribution in [0.4, 0.5) is 5.69 Å². The van der Waals surface area contributed by atoms with Crippen molar-refractivity contribution in [3.63, 3.8) is 0 Å². The molecule has 1 aliphatic carbocycles. The van der Waals surface area contributed by atoms with Crippen LogP contribution in [-0.4, -0.2) is 73.0 Å². The fourth-order valence-corrected chi connectivity index (χ4v) is 7.81. The maximum Gasteiger partial charge on any atom is 0.292 e. The lowest BCUT2D eigenvalue weighted by molar-refractivity contribution is -0.133. The highest BCUT2D eigenvalue weighted by Crippen LogP contribution is 2.49. The summed E-state index contributed by atoms with van der Waals surface area (Å²) in [6.45, 7) is 11.5. The first-order chi connectivity index (χ1) is 26.0. The number of carbonyl (C=O) groups is 3. The van der Waals surface area contributed by atoms with Crippen LogP contribution in [0.2, 0.25) is 0 Å². The number of likely N-dealkylation sites (tertiary alicyclic amines) is 1. The highest BCUT2D eigenvalue weighted by molar-refractivity contribution is 6.01. The number of hydrogen-bond donors (Lipinski definition) is 3. The Hall–Kier alpha value is -5.43. The number of anilines is 1. The molecule has 3 N–H and O–H groups in total. The minimum Gasteiger partial charge on any atom is -0.374 e. The third-order valence-electron chi connectivity index (χ3n) is 11.1. The molecule has 3 amide bonds. The molecular weight excluding hydrogens is 683 g/mol. The Bertz CT molecular complexity index is 2190. The van der Waals surface area contributed by atoms with Crippen LogP contribution in [0.3, 0.4) is 0 Å². The monoisotopic (exact) mass is 729 g/mol. The van der Waals surface area contributed by atoms with E-state index in [0.717, 1.165) is 66.1 Å². The van der Waals surface area contributed by atoms with Crippen molar-refractivity contribution < 1.29 is 18.9 Å². The van der Waals surface area contributed by atoms with Gasteiger partial charge >= 0.3 is 0 Å². The molecule has 0 spiro atoms. The van der Waals surface area contributed by atoms with E-state index in [2.05, 4.69) is 78.7 Å². The number of benzene rings is 2. The van der Waals surface area contributed by atoms with Crippen LogP contribution >= 0.6 is 0 Å². The Kier molecular flexibility index (Phi) is 9.51. The number of amides is 3. The molecule has 0 radical (unpaired) electrons. The number of nitrogens with one attached hydrogen (secondary N) is 3. The van der Waals surface area contributed by atoms with Crippen molar-refractivity contribution in [2.24, 2.45) is 5.92 Å². The predicted molar refractivity (Wildman–Crippen MR) is 203 cm³/mol. The second-order valence-electron chi connectivity index (χ2n) is 16.2. The molecule has 5 heterocycles. The first-order valence-electron chi connectivity index (χ1n) is 19.0. The van der Waals surface area contributed by atoms with Gasteiger partial charge in [-0.1, -0.05) is 50.2 Å². The summed E-state index contributed by atoms with van der Waals surface area (Å²) in [6.07, 6.45) is 8.11.